The van der Waals surface area contributed by atoms with Crippen LogP contribution >= 0.6 is 0 Å². The van der Waals surface area contributed by atoms with Crippen molar-refractivity contribution >= 4 is 30.0 Å². The summed E-state index contributed by atoms with van der Waals surface area (Å²) in [6.07, 6.45) is 4.08. The molecule has 1 aromatic carbocycles. The summed E-state index contributed by atoms with van der Waals surface area (Å²) in [7, 11) is 8.34. The molecule has 5 N–H and O–H groups in total. The number of nitrogens with zero attached hydrogens (tertiary/aromatic N) is 3. The van der Waals surface area contributed by atoms with E-state index in [1.54, 1.807) is 45.0 Å². The van der Waals surface area contributed by atoms with Gasteiger partial charge in [-0.25, -0.2) is 5.90 Å². The van der Waals surface area contributed by atoms with Gasteiger partial charge in [0.05, 0.1) is 89.5 Å². The van der Waals surface area contributed by atoms with Crippen LogP contribution < -0.4 is 16.5 Å². The average Bonchev–Trinajstić information content (AvgIpc) is 3.82. The number of carbonyl (C=O) groups excluding carboxylic acids is 4. The molecule has 0 spiro atoms. The molecule has 8 atom stereocenters. The van der Waals surface area contributed by atoms with Crippen LogP contribution in [0.4, 0.5) is 0 Å². The standard InChI is InChI=1S/C35H67N5O10.C10H13NO2.C3H8.C2H6/c1-10-26(4)33(29(45-8)22-30(42)40-13-11-12-28(40)34(46-9)27(5)24-41)39(7)31(43)23-37-35(44)32(25(2)3)38(6)14-15-47-16-17-48-18-19-49-20-21-50-36;1-11-9(10(12)13)7-8-5-3-2-4-6-8;1-3-2;1-2/h24-29,32-34H,10-23,36H2,1-9H3,(H,37,44);2-6,9,11H,7H2,1H3,(H,12,13);3H2,1-2H3;1-2H3/t26?,27?,28?,29?,32?,33-,34?;;;/m0.../s1. The number of carboxylic acids is 1. The van der Waals surface area contributed by atoms with Crippen molar-refractivity contribution in [2.24, 2.45) is 23.7 Å². The molecule has 1 aromatic rings. The van der Waals surface area contributed by atoms with Gasteiger partial charge in [-0.2, -0.15) is 0 Å². The molecule has 1 fully saturated rings. The van der Waals surface area contributed by atoms with Crippen molar-refractivity contribution in [3.8, 4) is 0 Å². The minimum Gasteiger partial charge on any atom is -0.480 e. The molecule has 7 unspecified atom stereocenters. The SMILES string of the molecule is CC.CCC.CCC(C)[C@@H](C(CC(=O)N1CCCC1C(OC)C(C)C=O)OC)N(C)C(=O)CNC(=O)C(C(C)C)N(C)CCOCCOCCOCCON.CNC(Cc1ccccc1)C(=O)O. The Balaban J connectivity index is 0. The van der Waals surface area contributed by atoms with Gasteiger partial charge >= 0.3 is 5.97 Å². The molecule has 396 valence electrons. The predicted molar refractivity (Wildman–Crippen MR) is 267 cm³/mol. The van der Waals surface area contributed by atoms with Gasteiger partial charge in [-0.15, -0.1) is 0 Å². The maximum absolute atomic E-state index is 13.7. The molecular weight excluding hydrogens is 877 g/mol. The first kappa shape index (κ1) is 66.5. The van der Waals surface area contributed by atoms with Crippen LogP contribution in [0.3, 0.4) is 0 Å². The summed E-state index contributed by atoms with van der Waals surface area (Å²) >= 11 is 0. The molecule has 18 heteroatoms. The highest BCUT2D eigenvalue weighted by Crippen LogP contribution is 2.28. The van der Waals surface area contributed by atoms with E-state index in [2.05, 4.69) is 29.3 Å². The smallest absolute Gasteiger partial charge is 0.321 e. The van der Waals surface area contributed by atoms with E-state index in [-0.39, 0.29) is 54.5 Å². The van der Waals surface area contributed by atoms with Crippen molar-refractivity contribution in [1.82, 2.24) is 25.3 Å². The number of nitrogens with one attached hydrogen (secondary N) is 2. The Morgan fingerprint density at radius 3 is 1.93 bits per heavy atom. The van der Waals surface area contributed by atoms with Gasteiger partial charge in [-0.3, -0.25) is 24.1 Å². The fourth-order valence-electron chi connectivity index (χ4n) is 7.84. The van der Waals surface area contributed by atoms with Crippen molar-refractivity contribution in [2.75, 3.05) is 101 Å². The van der Waals surface area contributed by atoms with Crippen molar-refractivity contribution in [3.05, 3.63) is 35.9 Å². The van der Waals surface area contributed by atoms with Gasteiger partial charge in [0, 0.05) is 40.3 Å². The van der Waals surface area contributed by atoms with E-state index in [0.29, 0.717) is 65.8 Å². The third-order valence-electron chi connectivity index (χ3n) is 11.5. The Morgan fingerprint density at radius 2 is 1.46 bits per heavy atom. The molecule has 1 aliphatic heterocycles. The Kier molecular flexibility index (Phi) is 40.3. The molecule has 1 aliphatic rings. The second kappa shape index (κ2) is 41.2. The van der Waals surface area contributed by atoms with Crippen LogP contribution in [0.15, 0.2) is 30.3 Å². The van der Waals surface area contributed by atoms with Gasteiger partial charge < -0.3 is 58.9 Å². The topological polar surface area (TPSA) is 221 Å². The minimum atomic E-state index is -0.814. The zero-order valence-electron chi connectivity index (χ0n) is 44.3. The van der Waals surface area contributed by atoms with Crippen LogP contribution in [0, 0.1) is 17.8 Å². The molecule has 0 aromatic heterocycles. The predicted octanol–water partition coefficient (Wildman–Crippen LogP) is 4.46. The maximum atomic E-state index is 13.7. The number of hydrogen-bond donors (Lipinski definition) is 4. The Hall–Kier alpha value is -3.59. The summed E-state index contributed by atoms with van der Waals surface area (Å²) in [5, 5.41) is 14.4. The first-order valence-electron chi connectivity index (χ1n) is 24.6. The molecule has 68 heavy (non-hydrogen) atoms. The van der Waals surface area contributed by atoms with Crippen LogP contribution in [0.1, 0.15) is 100.0 Å². The first-order chi connectivity index (χ1) is 32.5. The Labute approximate surface area is 409 Å². The number of hydrogen-bond acceptors (Lipinski definition) is 14. The number of amides is 3. The summed E-state index contributed by atoms with van der Waals surface area (Å²) in [6.45, 7) is 21.8. The van der Waals surface area contributed by atoms with Gasteiger partial charge in [0.2, 0.25) is 17.7 Å². The number of carboxylic acid groups (broad SMARTS) is 1. The molecule has 1 saturated heterocycles. The van der Waals surface area contributed by atoms with E-state index < -0.39 is 36.3 Å². The third kappa shape index (κ3) is 26.4. The van der Waals surface area contributed by atoms with E-state index in [0.717, 1.165) is 31.1 Å². The number of ether oxygens (including phenoxy) is 5. The normalized spacial score (nSPS) is 16.3. The van der Waals surface area contributed by atoms with E-state index in [9.17, 15) is 24.0 Å². The lowest BCUT2D eigenvalue weighted by Crippen LogP contribution is -2.55. The van der Waals surface area contributed by atoms with Crippen LogP contribution in [-0.2, 0) is 58.9 Å². The highest BCUT2D eigenvalue weighted by atomic mass is 16.6. The lowest BCUT2D eigenvalue weighted by molar-refractivity contribution is -0.145. The number of rotatable bonds is 32. The Morgan fingerprint density at radius 1 is 0.897 bits per heavy atom. The van der Waals surface area contributed by atoms with Crippen molar-refractivity contribution < 1.29 is 57.6 Å². The van der Waals surface area contributed by atoms with Gasteiger partial charge in [0.25, 0.3) is 0 Å². The average molecular weight is 971 g/mol. The van der Waals surface area contributed by atoms with Crippen molar-refractivity contribution in [1.29, 1.82) is 0 Å². The molecule has 18 nitrogen and oxygen atoms in total. The van der Waals surface area contributed by atoms with E-state index in [1.165, 1.54) is 6.42 Å². The molecule has 1 heterocycles. The third-order valence-corrected chi connectivity index (χ3v) is 11.5. The van der Waals surface area contributed by atoms with Crippen LogP contribution in [-0.4, -0.2) is 187 Å². The number of likely N-dealkylation sites (tertiary alicyclic amines) is 1. The van der Waals surface area contributed by atoms with E-state index in [4.69, 9.17) is 34.7 Å². The number of methoxy groups -OCH3 is 2. The molecule has 0 radical (unpaired) electrons. The monoisotopic (exact) mass is 971 g/mol. The summed E-state index contributed by atoms with van der Waals surface area (Å²) < 4.78 is 28.0. The van der Waals surface area contributed by atoms with Gasteiger partial charge in [-0.05, 0) is 50.8 Å². The largest absolute Gasteiger partial charge is 0.480 e. The quantitative estimate of drug-likeness (QED) is 0.0445. The number of aldehydes is 1. The number of nitrogens with two attached hydrogens (primary N) is 1. The number of likely N-dealkylation sites (N-methyl/N-ethyl adjacent to an activating group) is 3. The summed E-state index contributed by atoms with van der Waals surface area (Å²) in [5.74, 6) is 3.16. The fraction of sp³-hybridized carbons (Fsp3) is 0.780. The highest BCUT2D eigenvalue weighted by molar-refractivity contribution is 5.87. The van der Waals surface area contributed by atoms with Crippen molar-refractivity contribution in [2.45, 2.75) is 137 Å². The molecule has 3 amide bonds. The van der Waals surface area contributed by atoms with Crippen LogP contribution in [0.5, 0.6) is 0 Å². The Bertz CT molecular complexity index is 1450. The zero-order chi connectivity index (χ0) is 52.0. The van der Waals surface area contributed by atoms with Gasteiger partial charge in [0.15, 0.2) is 0 Å². The first-order valence-corrected chi connectivity index (χ1v) is 24.6. The zero-order valence-corrected chi connectivity index (χ0v) is 44.3. The minimum absolute atomic E-state index is 0.0123. The molecular formula is C50H94N6O12. The summed E-state index contributed by atoms with van der Waals surface area (Å²) in [5.41, 5.74) is 1.03. The second-order valence-electron chi connectivity index (χ2n) is 17.0. The van der Waals surface area contributed by atoms with Gasteiger partial charge in [0.1, 0.15) is 12.3 Å². The van der Waals surface area contributed by atoms with Crippen molar-refractivity contribution in [3.63, 3.8) is 0 Å². The highest BCUT2D eigenvalue weighted by Gasteiger charge is 2.40. The van der Waals surface area contributed by atoms with Crippen LogP contribution in [0.2, 0.25) is 0 Å². The lowest BCUT2D eigenvalue weighted by atomic mass is 9.90. The summed E-state index contributed by atoms with van der Waals surface area (Å²) in [4.78, 5) is 72.6. The fourth-order valence-corrected chi connectivity index (χ4v) is 7.84. The number of carbonyl (C=O) groups is 5. The lowest BCUT2D eigenvalue weighted by Gasteiger charge is -2.39. The molecule has 0 saturated carbocycles. The van der Waals surface area contributed by atoms with Crippen LogP contribution in [0.25, 0.3) is 0 Å². The number of benzene rings is 1. The van der Waals surface area contributed by atoms with E-state index >= 15 is 0 Å². The molecule has 0 bridgehead atoms. The van der Waals surface area contributed by atoms with Gasteiger partial charge in [-0.1, -0.05) is 105 Å². The van der Waals surface area contributed by atoms with E-state index in [1.807, 2.05) is 83.8 Å². The summed E-state index contributed by atoms with van der Waals surface area (Å²) in [6, 6.07) is 8.00. The number of aliphatic carboxylic acids is 1. The maximum Gasteiger partial charge on any atom is 0.321 e. The second-order valence-corrected chi connectivity index (χ2v) is 17.0. The molecule has 2 rings (SSSR count). The molecule has 0 aliphatic carbocycles.